The number of benzene rings is 1. The van der Waals surface area contributed by atoms with Gasteiger partial charge in [-0.25, -0.2) is 13.1 Å². The molecule has 4 nitrogen and oxygen atoms in total. The lowest BCUT2D eigenvalue weighted by Gasteiger charge is -2.27. The fourth-order valence-electron chi connectivity index (χ4n) is 2.70. The summed E-state index contributed by atoms with van der Waals surface area (Å²) in [6.07, 6.45) is 4.07. The van der Waals surface area contributed by atoms with Crippen LogP contribution in [0.2, 0.25) is 0 Å². The second-order valence-corrected chi connectivity index (χ2v) is 7.29. The van der Waals surface area contributed by atoms with E-state index in [1.165, 1.54) is 0 Å². The standard InChI is InChI=1S/C15H24N2O2S/c1-3-16-14-6-4-5-7-15(14)20(18,19)17-13-10-8-12(2)9-11-13/h4-7,12-13,16-17H,3,8-11H2,1-2H3. The highest BCUT2D eigenvalue weighted by atomic mass is 32.2. The highest BCUT2D eigenvalue weighted by molar-refractivity contribution is 7.89. The minimum Gasteiger partial charge on any atom is -0.384 e. The van der Waals surface area contributed by atoms with Crippen LogP contribution in [0.1, 0.15) is 39.5 Å². The second kappa shape index (κ2) is 6.59. The lowest BCUT2D eigenvalue weighted by molar-refractivity contribution is 0.332. The molecule has 20 heavy (non-hydrogen) atoms. The Kier molecular flexibility index (Phi) is 5.05. The van der Waals surface area contributed by atoms with Crippen molar-refractivity contribution in [3.05, 3.63) is 24.3 Å². The molecule has 0 saturated heterocycles. The zero-order valence-electron chi connectivity index (χ0n) is 12.2. The molecule has 0 radical (unpaired) electrons. The molecular weight excluding hydrogens is 272 g/mol. The van der Waals surface area contributed by atoms with Gasteiger partial charge in [-0.15, -0.1) is 0 Å². The zero-order valence-corrected chi connectivity index (χ0v) is 13.0. The first-order valence-corrected chi connectivity index (χ1v) is 8.86. The number of para-hydroxylation sites is 1. The monoisotopic (exact) mass is 296 g/mol. The maximum absolute atomic E-state index is 12.5. The average molecular weight is 296 g/mol. The highest BCUT2D eigenvalue weighted by Gasteiger charge is 2.25. The number of nitrogens with one attached hydrogen (secondary N) is 2. The summed E-state index contributed by atoms with van der Waals surface area (Å²) in [5.74, 6) is 0.713. The van der Waals surface area contributed by atoms with Gasteiger partial charge in [0, 0.05) is 12.6 Å². The smallest absolute Gasteiger partial charge is 0.242 e. The summed E-state index contributed by atoms with van der Waals surface area (Å²) in [4.78, 5) is 0.348. The van der Waals surface area contributed by atoms with Crippen LogP contribution in [-0.4, -0.2) is 21.0 Å². The minimum atomic E-state index is -3.44. The van der Waals surface area contributed by atoms with E-state index >= 15 is 0 Å². The van der Waals surface area contributed by atoms with E-state index in [-0.39, 0.29) is 6.04 Å². The average Bonchev–Trinajstić information content (AvgIpc) is 2.42. The molecule has 0 bridgehead atoms. The Morgan fingerprint density at radius 3 is 2.45 bits per heavy atom. The van der Waals surface area contributed by atoms with E-state index < -0.39 is 10.0 Å². The molecule has 0 amide bonds. The zero-order chi connectivity index (χ0) is 14.6. The van der Waals surface area contributed by atoms with Crippen molar-refractivity contribution < 1.29 is 8.42 Å². The first kappa shape index (κ1) is 15.3. The van der Waals surface area contributed by atoms with Gasteiger partial charge in [-0.1, -0.05) is 19.1 Å². The number of anilines is 1. The molecule has 0 atom stereocenters. The molecule has 0 spiro atoms. The molecule has 2 rings (SSSR count). The van der Waals surface area contributed by atoms with E-state index in [0.29, 0.717) is 23.0 Å². The molecule has 1 saturated carbocycles. The van der Waals surface area contributed by atoms with Crippen LogP contribution in [0.5, 0.6) is 0 Å². The van der Waals surface area contributed by atoms with Gasteiger partial charge in [0.05, 0.1) is 5.69 Å². The molecule has 1 fully saturated rings. The number of sulfonamides is 1. The van der Waals surface area contributed by atoms with E-state index in [1.807, 2.05) is 13.0 Å². The molecule has 2 N–H and O–H groups in total. The topological polar surface area (TPSA) is 58.2 Å². The van der Waals surface area contributed by atoms with Crippen LogP contribution >= 0.6 is 0 Å². The molecule has 0 heterocycles. The van der Waals surface area contributed by atoms with Crippen LogP contribution in [0, 0.1) is 5.92 Å². The summed E-state index contributed by atoms with van der Waals surface area (Å²) in [5, 5.41) is 3.11. The Morgan fingerprint density at radius 1 is 1.15 bits per heavy atom. The molecule has 0 aliphatic heterocycles. The van der Waals surface area contributed by atoms with Gasteiger partial charge >= 0.3 is 0 Å². The third-order valence-electron chi connectivity index (χ3n) is 3.88. The third-order valence-corrected chi connectivity index (χ3v) is 5.46. The molecule has 1 aliphatic rings. The minimum absolute atomic E-state index is 0.0749. The molecule has 0 unspecified atom stereocenters. The summed E-state index contributed by atoms with van der Waals surface area (Å²) < 4.78 is 27.9. The van der Waals surface area contributed by atoms with Crippen molar-refractivity contribution in [2.24, 2.45) is 5.92 Å². The largest absolute Gasteiger partial charge is 0.384 e. The van der Waals surface area contributed by atoms with Crippen molar-refractivity contribution in [2.75, 3.05) is 11.9 Å². The first-order chi connectivity index (χ1) is 9.53. The van der Waals surface area contributed by atoms with Crippen LogP contribution in [0.4, 0.5) is 5.69 Å². The number of hydrogen-bond acceptors (Lipinski definition) is 3. The molecule has 1 aliphatic carbocycles. The van der Waals surface area contributed by atoms with Gasteiger partial charge in [0.25, 0.3) is 0 Å². The SMILES string of the molecule is CCNc1ccccc1S(=O)(=O)NC1CCC(C)CC1. The lowest BCUT2D eigenvalue weighted by Crippen LogP contribution is -2.37. The Hall–Kier alpha value is -1.07. The molecule has 0 aromatic heterocycles. The van der Waals surface area contributed by atoms with Crippen molar-refractivity contribution in [1.82, 2.24) is 4.72 Å². The lowest BCUT2D eigenvalue weighted by atomic mass is 9.88. The Morgan fingerprint density at radius 2 is 1.80 bits per heavy atom. The van der Waals surface area contributed by atoms with Crippen molar-refractivity contribution >= 4 is 15.7 Å². The van der Waals surface area contributed by atoms with Gasteiger partial charge in [0.2, 0.25) is 10.0 Å². The summed E-state index contributed by atoms with van der Waals surface area (Å²) >= 11 is 0. The van der Waals surface area contributed by atoms with Gasteiger partial charge in [0.15, 0.2) is 0 Å². The van der Waals surface area contributed by atoms with Crippen molar-refractivity contribution in [2.45, 2.75) is 50.5 Å². The highest BCUT2D eigenvalue weighted by Crippen LogP contribution is 2.26. The van der Waals surface area contributed by atoms with Gasteiger partial charge in [-0.2, -0.15) is 0 Å². The Bertz CT molecular complexity index is 535. The molecule has 112 valence electrons. The molecule has 1 aromatic carbocycles. The van der Waals surface area contributed by atoms with E-state index in [1.54, 1.807) is 18.2 Å². The second-order valence-electron chi connectivity index (χ2n) is 5.60. The number of rotatable bonds is 5. The summed E-state index contributed by atoms with van der Waals surface area (Å²) in [6, 6.07) is 7.15. The maximum Gasteiger partial charge on any atom is 0.242 e. The van der Waals surface area contributed by atoms with Crippen molar-refractivity contribution in [3.8, 4) is 0 Å². The van der Waals surface area contributed by atoms with E-state index in [4.69, 9.17) is 0 Å². The predicted octanol–water partition coefficient (Wildman–Crippen LogP) is 2.98. The van der Waals surface area contributed by atoms with Gasteiger partial charge in [-0.3, -0.25) is 0 Å². The van der Waals surface area contributed by atoms with Gasteiger partial charge in [-0.05, 0) is 50.7 Å². The van der Waals surface area contributed by atoms with E-state index in [9.17, 15) is 8.42 Å². The van der Waals surface area contributed by atoms with Crippen LogP contribution in [0.3, 0.4) is 0 Å². The van der Waals surface area contributed by atoms with E-state index in [0.717, 1.165) is 25.7 Å². The van der Waals surface area contributed by atoms with Crippen molar-refractivity contribution in [1.29, 1.82) is 0 Å². The molecule has 5 heteroatoms. The maximum atomic E-state index is 12.5. The van der Waals surface area contributed by atoms with Crippen LogP contribution in [0.25, 0.3) is 0 Å². The fraction of sp³-hybridized carbons (Fsp3) is 0.600. The summed E-state index contributed by atoms with van der Waals surface area (Å²) in [7, 11) is -3.44. The molecule has 1 aromatic rings. The van der Waals surface area contributed by atoms with E-state index in [2.05, 4.69) is 17.0 Å². The van der Waals surface area contributed by atoms with Crippen molar-refractivity contribution in [3.63, 3.8) is 0 Å². The quantitative estimate of drug-likeness (QED) is 0.878. The Balaban J connectivity index is 2.14. The van der Waals surface area contributed by atoms with Gasteiger partial charge in [0.1, 0.15) is 4.90 Å². The third kappa shape index (κ3) is 3.73. The molecular formula is C15H24N2O2S. The Labute approximate surface area is 122 Å². The fourth-order valence-corrected chi connectivity index (χ4v) is 4.19. The first-order valence-electron chi connectivity index (χ1n) is 7.38. The summed E-state index contributed by atoms with van der Waals surface area (Å²) in [5.41, 5.74) is 0.673. The number of hydrogen-bond donors (Lipinski definition) is 2. The predicted molar refractivity (Wildman–Crippen MR) is 82.3 cm³/mol. The van der Waals surface area contributed by atoms with Crippen LogP contribution < -0.4 is 10.0 Å². The van der Waals surface area contributed by atoms with Crippen LogP contribution in [0.15, 0.2) is 29.2 Å². The van der Waals surface area contributed by atoms with Gasteiger partial charge < -0.3 is 5.32 Å². The normalized spacial score (nSPS) is 23.5. The van der Waals surface area contributed by atoms with Crippen LogP contribution in [-0.2, 0) is 10.0 Å². The summed E-state index contributed by atoms with van der Waals surface area (Å²) in [6.45, 7) is 4.89.